The Morgan fingerprint density at radius 3 is 2.20 bits per heavy atom. The lowest BCUT2D eigenvalue weighted by Gasteiger charge is -2.15. The zero-order valence-electron chi connectivity index (χ0n) is 8.63. The van der Waals surface area contributed by atoms with Crippen LogP contribution in [0.5, 0.6) is 5.75 Å². The standard InChI is InChI=1S/C11H16O4/c1-15-9-4-2-8(3-5-9)6-10(13)11(14)7-12/h2-5,10-14H,6-7H2,1H3. The third kappa shape index (κ3) is 3.51. The van der Waals surface area contributed by atoms with Crippen LogP contribution in [0.3, 0.4) is 0 Å². The van der Waals surface area contributed by atoms with Crippen LogP contribution in [0.25, 0.3) is 0 Å². The summed E-state index contributed by atoms with van der Waals surface area (Å²) in [5.74, 6) is 0.746. The van der Waals surface area contributed by atoms with E-state index in [1.54, 1.807) is 19.2 Å². The van der Waals surface area contributed by atoms with Crippen LogP contribution < -0.4 is 4.74 Å². The fraction of sp³-hybridized carbons (Fsp3) is 0.455. The Bertz CT molecular complexity index is 283. The summed E-state index contributed by atoms with van der Waals surface area (Å²) in [6.07, 6.45) is -1.72. The number of aliphatic hydroxyl groups is 3. The van der Waals surface area contributed by atoms with Crippen molar-refractivity contribution in [2.24, 2.45) is 0 Å². The minimum Gasteiger partial charge on any atom is -0.497 e. The molecule has 84 valence electrons. The van der Waals surface area contributed by atoms with Crippen molar-refractivity contribution >= 4 is 0 Å². The number of benzene rings is 1. The van der Waals surface area contributed by atoms with Crippen molar-refractivity contribution in [2.75, 3.05) is 13.7 Å². The molecule has 0 aliphatic carbocycles. The maximum absolute atomic E-state index is 9.46. The Morgan fingerprint density at radius 2 is 1.73 bits per heavy atom. The highest BCUT2D eigenvalue weighted by Gasteiger charge is 2.15. The van der Waals surface area contributed by atoms with E-state index >= 15 is 0 Å². The quantitative estimate of drug-likeness (QED) is 0.640. The highest BCUT2D eigenvalue weighted by Crippen LogP contribution is 2.13. The van der Waals surface area contributed by atoms with E-state index in [0.29, 0.717) is 6.42 Å². The van der Waals surface area contributed by atoms with Crippen LogP contribution in [0.1, 0.15) is 5.56 Å². The molecule has 4 nitrogen and oxygen atoms in total. The molecule has 0 aliphatic rings. The van der Waals surface area contributed by atoms with Gasteiger partial charge in [-0.25, -0.2) is 0 Å². The largest absolute Gasteiger partial charge is 0.497 e. The van der Waals surface area contributed by atoms with Gasteiger partial charge >= 0.3 is 0 Å². The summed E-state index contributed by atoms with van der Waals surface area (Å²) in [6.45, 7) is -0.433. The lowest BCUT2D eigenvalue weighted by Crippen LogP contribution is -2.30. The van der Waals surface area contributed by atoms with Crippen molar-refractivity contribution < 1.29 is 20.1 Å². The van der Waals surface area contributed by atoms with Gasteiger partial charge in [0.15, 0.2) is 0 Å². The van der Waals surface area contributed by atoms with Gasteiger partial charge in [0.1, 0.15) is 11.9 Å². The van der Waals surface area contributed by atoms with E-state index in [1.165, 1.54) is 0 Å². The van der Waals surface area contributed by atoms with Crippen LogP contribution in [-0.2, 0) is 6.42 Å². The van der Waals surface area contributed by atoms with E-state index in [9.17, 15) is 5.11 Å². The molecule has 2 unspecified atom stereocenters. The summed E-state index contributed by atoms with van der Waals surface area (Å²) in [5, 5.41) is 27.3. The molecule has 0 bridgehead atoms. The average molecular weight is 212 g/mol. The van der Waals surface area contributed by atoms with Gasteiger partial charge in [-0.05, 0) is 17.7 Å². The maximum Gasteiger partial charge on any atom is 0.118 e. The molecule has 0 spiro atoms. The molecule has 0 saturated carbocycles. The Hall–Kier alpha value is -1.10. The van der Waals surface area contributed by atoms with Gasteiger partial charge in [0, 0.05) is 6.42 Å². The SMILES string of the molecule is COc1ccc(CC(O)C(O)CO)cc1. The summed E-state index contributed by atoms with van der Waals surface area (Å²) >= 11 is 0. The van der Waals surface area contributed by atoms with Crippen molar-refractivity contribution in [3.63, 3.8) is 0 Å². The second-order valence-corrected chi connectivity index (χ2v) is 3.37. The molecule has 1 aromatic carbocycles. The predicted octanol–water partition coefficient (Wildman–Crippen LogP) is -0.0482. The van der Waals surface area contributed by atoms with Gasteiger partial charge in [-0.15, -0.1) is 0 Å². The van der Waals surface area contributed by atoms with Crippen LogP contribution in [0.2, 0.25) is 0 Å². The molecule has 4 heteroatoms. The first kappa shape index (κ1) is 12.0. The predicted molar refractivity (Wildman–Crippen MR) is 55.8 cm³/mol. The third-order valence-corrected chi connectivity index (χ3v) is 2.24. The number of rotatable bonds is 5. The minimum atomic E-state index is -1.09. The Kier molecular flexibility index (Phi) is 4.55. The van der Waals surface area contributed by atoms with Crippen molar-refractivity contribution in [1.29, 1.82) is 0 Å². The number of ether oxygens (including phenoxy) is 1. The molecular weight excluding hydrogens is 196 g/mol. The molecule has 0 heterocycles. The van der Waals surface area contributed by atoms with Gasteiger partial charge < -0.3 is 20.1 Å². The first-order valence-electron chi connectivity index (χ1n) is 4.77. The van der Waals surface area contributed by atoms with Crippen molar-refractivity contribution in [1.82, 2.24) is 0 Å². The van der Waals surface area contributed by atoms with Crippen molar-refractivity contribution in [3.8, 4) is 5.75 Å². The van der Waals surface area contributed by atoms with E-state index in [0.717, 1.165) is 11.3 Å². The Balaban J connectivity index is 2.57. The van der Waals surface area contributed by atoms with Crippen molar-refractivity contribution in [3.05, 3.63) is 29.8 Å². The topological polar surface area (TPSA) is 69.9 Å². The summed E-state index contributed by atoms with van der Waals surface area (Å²) in [4.78, 5) is 0. The second-order valence-electron chi connectivity index (χ2n) is 3.37. The molecule has 0 radical (unpaired) electrons. The van der Waals surface area contributed by atoms with E-state index < -0.39 is 18.8 Å². The van der Waals surface area contributed by atoms with Crippen LogP contribution in [0.15, 0.2) is 24.3 Å². The summed E-state index contributed by atoms with van der Waals surface area (Å²) in [6, 6.07) is 7.19. The minimum absolute atomic E-state index is 0.311. The maximum atomic E-state index is 9.46. The van der Waals surface area contributed by atoms with Crippen molar-refractivity contribution in [2.45, 2.75) is 18.6 Å². The number of hydrogen-bond acceptors (Lipinski definition) is 4. The lowest BCUT2D eigenvalue weighted by molar-refractivity contribution is -0.0132. The molecule has 3 N–H and O–H groups in total. The molecule has 0 fully saturated rings. The third-order valence-electron chi connectivity index (χ3n) is 2.24. The molecule has 0 saturated heterocycles. The van der Waals surface area contributed by atoms with Crippen LogP contribution >= 0.6 is 0 Å². The smallest absolute Gasteiger partial charge is 0.118 e. The molecular formula is C11H16O4. The number of aliphatic hydroxyl groups excluding tert-OH is 3. The normalized spacial score (nSPS) is 14.7. The number of hydrogen-bond donors (Lipinski definition) is 3. The molecule has 15 heavy (non-hydrogen) atoms. The lowest BCUT2D eigenvalue weighted by atomic mass is 10.0. The summed E-state index contributed by atoms with van der Waals surface area (Å²) in [7, 11) is 1.58. The fourth-order valence-electron chi connectivity index (χ4n) is 1.26. The van der Waals surface area contributed by atoms with E-state index in [-0.39, 0.29) is 0 Å². The average Bonchev–Trinajstić information content (AvgIpc) is 2.29. The Morgan fingerprint density at radius 1 is 1.13 bits per heavy atom. The van der Waals surface area contributed by atoms with Crippen LogP contribution in [-0.4, -0.2) is 41.2 Å². The zero-order chi connectivity index (χ0) is 11.3. The van der Waals surface area contributed by atoms with Crippen LogP contribution in [0, 0.1) is 0 Å². The van der Waals surface area contributed by atoms with Gasteiger partial charge in [0.25, 0.3) is 0 Å². The molecule has 1 aromatic rings. The Labute approximate surface area is 88.8 Å². The van der Waals surface area contributed by atoms with E-state index in [1.807, 2.05) is 12.1 Å². The monoisotopic (exact) mass is 212 g/mol. The molecule has 1 rings (SSSR count). The highest BCUT2D eigenvalue weighted by atomic mass is 16.5. The van der Waals surface area contributed by atoms with Gasteiger partial charge in [-0.3, -0.25) is 0 Å². The van der Waals surface area contributed by atoms with E-state index in [4.69, 9.17) is 14.9 Å². The van der Waals surface area contributed by atoms with Gasteiger partial charge in [-0.1, -0.05) is 12.1 Å². The first-order chi connectivity index (χ1) is 7.17. The van der Waals surface area contributed by atoms with E-state index in [2.05, 4.69) is 0 Å². The zero-order valence-corrected chi connectivity index (χ0v) is 8.63. The van der Waals surface area contributed by atoms with Gasteiger partial charge in [-0.2, -0.15) is 0 Å². The second kappa shape index (κ2) is 5.70. The van der Waals surface area contributed by atoms with Gasteiger partial charge in [0.2, 0.25) is 0 Å². The number of methoxy groups -OCH3 is 1. The molecule has 0 aliphatic heterocycles. The first-order valence-corrected chi connectivity index (χ1v) is 4.77. The molecule has 0 amide bonds. The summed E-state index contributed by atoms with van der Waals surface area (Å²) in [5.41, 5.74) is 0.885. The highest BCUT2D eigenvalue weighted by molar-refractivity contribution is 5.27. The fourth-order valence-corrected chi connectivity index (χ4v) is 1.26. The summed E-state index contributed by atoms with van der Waals surface area (Å²) < 4.78 is 4.99. The van der Waals surface area contributed by atoms with Gasteiger partial charge in [0.05, 0.1) is 19.8 Å². The molecule has 0 aromatic heterocycles. The molecule has 2 atom stereocenters. The van der Waals surface area contributed by atoms with Crippen LogP contribution in [0.4, 0.5) is 0 Å².